The molecule has 2 nitrogen and oxygen atoms in total. The molecule has 0 aromatic carbocycles. The van der Waals surface area contributed by atoms with Gasteiger partial charge < -0.3 is 9.16 Å². The summed E-state index contributed by atoms with van der Waals surface area (Å²) in [4.78, 5) is 0. The van der Waals surface area contributed by atoms with Crippen molar-refractivity contribution < 1.29 is 17.4 Å². The molecule has 0 N–H and O–H groups in total. The first-order valence-corrected chi connectivity index (χ1v) is 6.35. The molecule has 1 rings (SSSR count). The predicted octanol–water partition coefficient (Wildman–Crippen LogP) is 2.88. The Kier molecular flexibility index (Phi) is 1.22. The summed E-state index contributed by atoms with van der Waals surface area (Å²) >= 11 is 0. The molecule has 0 aromatic heterocycles. The molecule has 1 fully saturated rings. The van der Waals surface area contributed by atoms with Gasteiger partial charge in [-0.15, -0.1) is 0 Å². The summed E-state index contributed by atoms with van der Waals surface area (Å²) in [6.07, 6.45) is 0.814. The standard InChI is InChI=1S/C9H18O2Si/c1-8(2)9(10-3)11-12(4)6-5-7-12/h5-7H2,1-4H3/i3D3,4D3. The maximum Gasteiger partial charge on any atom is 0.263 e. The Hall–Kier alpha value is -0.443. The van der Waals surface area contributed by atoms with E-state index < -0.39 is 21.8 Å². The minimum Gasteiger partial charge on any atom is -0.519 e. The molecule has 12 heavy (non-hydrogen) atoms. The lowest BCUT2D eigenvalue weighted by Gasteiger charge is -2.36. The SMILES string of the molecule is [2H]C([2H])([2H])OC(O[Si]1(C([2H])([2H])[2H])CCC1)=C(C)C. The summed E-state index contributed by atoms with van der Waals surface area (Å²) < 4.78 is 54.2. The van der Waals surface area contributed by atoms with E-state index >= 15 is 0 Å². The minimum atomic E-state index is -2.90. The lowest BCUT2D eigenvalue weighted by atomic mass is 10.4. The van der Waals surface area contributed by atoms with E-state index in [1.165, 1.54) is 0 Å². The summed E-state index contributed by atoms with van der Waals surface area (Å²) in [5.74, 6) is -0.141. The Labute approximate surface area is 84.1 Å². The second-order valence-electron chi connectivity index (χ2n) is 3.34. The van der Waals surface area contributed by atoms with Crippen LogP contribution in [0.15, 0.2) is 11.5 Å². The van der Waals surface area contributed by atoms with Crippen molar-refractivity contribution >= 4 is 8.32 Å². The summed E-state index contributed by atoms with van der Waals surface area (Å²) in [7, 11) is -5.53. The first-order valence-electron chi connectivity index (χ1n) is 7.02. The fourth-order valence-corrected chi connectivity index (χ4v) is 2.80. The highest BCUT2D eigenvalue weighted by atomic mass is 28.4. The second kappa shape index (κ2) is 3.52. The van der Waals surface area contributed by atoms with Crippen LogP contribution >= 0.6 is 0 Å². The van der Waals surface area contributed by atoms with Crippen LogP contribution in [0, 0.1) is 0 Å². The number of allylic oxidation sites excluding steroid dienone is 1. The second-order valence-corrected chi connectivity index (χ2v) is 6.53. The van der Waals surface area contributed by atoms with Gasteiger partial charge in [-0.05, 0) is 32.4 Å². The molecule has 0 unspecified atom stereocenters. The summed E-state index contributed by atoms with van der Waals surface area (Å²) in [6.45, 7) is 1.13. The van der Waals surface area contributed by atoms with Gasteiger partial charge in [0.15, 0.2) is 0 Å². The molecule has 1 aliphatic heterocycles. The van der Waals surface area contributed by atoms with Crippen LogP contribution in [0.4, 0.5) is 0 Å². The van der Waals surface area contributed by atoms with Crippen molar-refractivity contribution in [2.24, 2.45) is 0 Å². The quantitative estimate of drug-likeness (QED) is 0.505. The fourth-order valence-electron chi connectivity index (χ4n) is 1.00. The molecule has 0 aliphatic carbocycles. The van der Waals surface area contributed by atoms with Crippen molar-refractivity contribution in [2.45, 2.75) is 38.8 Å². The van der Waals surface area contributed by atoms with Gasteiger partial charge in [-0.1, -0.05) is 6.42 Å². The molecule has 0 saturated carbocycles. The van der Waals surface area contributed by atoms with Crippen molar-refractivity contribution in [1.82, 2.24) is 0 Å². The van der Waals surface area contributed by atoms with Gasteiger partial charge in [0.1, 0.15) is 0 Å². The predicted molar refractivity (Wildman–Crippen MR) is 52.3 cm³/mol. The third kappa shape index (κ3) is 2.03. The Bertz CT molecular complexity index is 338. The first-order chi connectivity index (χ1) is 7.97. The maximum absolute atomic E-state index is 7.55. The highest BCUT2D eigenvalue weighted by Crippen LogP contribution is 2.35. The van der Waals surface area contributed by atoms with Crippen LogP contribution in [0.3, 0.4) is 0 Å². The van der Waals surface area contributed by atoms with Gasteiger partial charge in [-0.3, -0.25) is 0 Å². The highest BCUT2D eigenvalue weighted by molar-refractivity contribution is 6.75. The van der Waals surface area contributed by atoms with Crippen molar-refractivity contribution in [3.63, 3.8) is 0 Å². The average molecular weight is 192 g/mol. The molecule has 70 valence electrons. The molecule has 0 spiro atoms. The molecule has 0 amide bonds. The zero-order valence-electron chi connectivity index (χ0n) is 13.4. The first kappa shape index (κ1) is 4.18. The van der Waals surface area contributed by atoms with Gasteiger partial charge in [-0.25, -0.2) is 0 Å². The summed E-state index contributed by atoms with van der Waals surface area (Å²) in [5, 5.41) is 0. The fraction of sp³-hybridized carbons (Fsp3) is 0.778. The van der Waals surface area contributed by atoms with Gasteiger partial charge in [0, 0.05) is 9.69 Å². The third-order valence-corrected chi connectivity index (χ3v) is 4.85. The number of rotatable bonds is 3. The van der Waals surface area contributed by atoms with Gasteiger partial charge >= 0.3 is 0 Å². The van der Waals surface area contributed by atoms with Crippen LogP contribution < -0.4 is 0 Å². The van der Waals surface area contributed by atoms with Crippen LogP contribution in [-0.4, -0.2) is 15.4 Å². The smallest absolute Gasteiger partial charge is 0.263 e. The van der Waals surface area contributed by atoms with Gasteiger partial charge in [0.25, 0.3) is 14.3 Å². The molecule has 0 bridgehead atoms. The molecule has 1 aliphatic rings. The summed E-state index contributed by atoms with van der Waals surface area (Å²) in [5.41, 5.74) is 0.536. The van der Waals surface area contributed by atoms with Crippen LogP contribution in [0.1, 0.15) is 28.5 Å². The zero-order chi connectivity index (χ0) is 14.2. The third-order valence-electron chi connectivity index (χ3n) is 1.95. The maximum atomic E-state index is 7.55. The average Bonchev–Trinajstić information content (AvgIpc) is 2.04. The van der Waals surface area contributed by atoms with Crippen molar-refractivity contribution in [2.75, 3.05) is 7.04 Å². The summed E-state index contributed by atoms with van der Waals surface area (Å²) in [6, 6.07) is 1.04. The van der Waals surface area contributed by atoms with Gasteiger partial charge in [0.2, 0.25) is 0 Å². The van der Waals surface area contributed by atoms with E-state index in [0.717, 1.165) is 6.42 Å². The number of ether oxygens (including phenoxy) is 1. The van der Waals surface area contributed by atoms with Crippen molar-refractivity contribution in [1.29, 1.82) is 0 Å². The van der Waals surface area contributed by atoms with Crippen LogP contribution in [-0.2, 0) is 9.16 Å². The molecular formula is C9H18O2Si. The molecule has 0 radical (unpaired) electrons. The van der Waals surface area contributed by atoms with Gasteiger partial charge in [-0.2, -0.15) is 0 Å². The van der Waals surface area contributed by atoms with E-state index in [2.05, 4.69) is 0 Å². The number of methoxy groups -OCH3 is 1. The van der Waals surface area contributed by atoms with Crippen LogP contribution in [0.5, 0.6) is 0 Å². The minimum absolute atomic E-state index is 0.141. The van der Waals surface area contributed by atoms with Crippen molar-refractivity contribution in [3.8, 4) is 0 Å². The van der Waals surface area contributed by atoms with Crippen LogP contribution in [0.2, 0.25) is 18.6 Å². The molecular weight excluding hydrogens is 168 g/mol. The van der Waals surface area contributed by atoms with Crippen LogP contribution in [0.25, 0.3) is 0 Å². The topological polar surface area (TPSA) is 18.5 Å². The van der Waals surface area contributed by atoms with E-state index in [1.807, 2.05) is 0 Å². The Morgan fingerprint density at radius 2 is 2.17 bits per heavy atom. The molecule has 3 heteroatoms. The molecule has 1 saturated heterocycles. The molecule has 0 atom stereocenters. The lowest BCUT2D eigenvalue weighted by Crippen LogP contribution is -2.41. The number of hydrogen-bond acceptors (Lipinski definition) is 2. The largest absolute Gasteiger partial charge is 0.519 e. The van der Waals surface area contributed by atoms with Gasteiger partial charge in [0.05, 0.1) is 11.2 Å². The van der Waals surface area contributed by atoms with E-state index in [4.69, 9.17) is 17.4 Å². The Balaban J connectivity index is 2.89. The monoisotopic (exact) mass is 192 g/mol. The molecule has 1 heterocycles. The Morgan fingerprint density at radius 3 is 2.50 bits per heavy atom. The normalized spacial score (nSPS) is 28.8. The molecule has 0 aromatic rings. The van der Waals surface area contributed by atoms with E-state index in [0.29, 0.717) is 17.7 Å². The Morgan fingerprint density at radius 1 is 1.42 bits per heavy atom. The van der Waals surface area contributed by atoms with E-state index in [-0.39, 0.29) is 5.95 Å². The number of hydrogen-bond donors (Lipinski definition) is 0. The highest BCUT2D eigenvalue weighted by Gasteiger charge is 2.39. The van der Waals surface area contributed by atoms with E-state index in [9.17, 15) is 0 Å². The van der Waals surface area contributed by atoms with Crippen molar-refractivity contribution in [3.05, 3.63) is 11.5 Å². The zero-order valence-corrected chi connectivity index (χ0v) is 8.44. The lowest BCUT2D eigenvalue weighted by molar-refractivity contribution is 0.136. The van der Waals surface area contributed by atoms with E-state index in [1.54, 1.807) is 13.8 Å².